The number of carbonyl (C=O) groups is 1. The number of carboxylic acid groups (broad SMARTS) is 1. The fourth-order valence-corrected chi connectivity index (χ4v) is 5.36. The van der Waals surface area contributed by atoms with Gasteiger partial charge in [-0.3, -0.25) is 4.79 Å². The van der Waals surface area contributed by atoms with Gasteiger partial charge in [-0.1, -0.05) is 41.4 Å². The highest BCUT2D eigenvalue weighted by atomic mass is 35.5. The van der Waals surface area contributed by atoms with Crippen molar-refractivity contribution in [2.45, 2.75) is 51.5 Å². The van der Waals surface area contributed by atoms with Crippen LogP contribution in [0.15, 0.2) is 30.4 Å². The normalized spacial score (nSPS) is 27.3. The molecule has 4 rings (SSSR count). The third-order valence-corrected chi connectivity index (χ3v) is 6.88. The Morgan fingerprint density at radius 2 is 1.93 bits per heavy atom. The lowest BCUT2D eigenvalue weighted by molar-refractivity contribution is -0.137. The van der Waals surface area contributed by atoms with Gasteiger partial charge in [0.25, 0.3) is 0 Å². The average Bonchev–Trinajstić information content (AvgIpc) is 2.64. The molecule has 0 aliphatic heterocycles. The first-order chi connectivity index (χ1) is 13.0. The maximum atomic E-state index is 10.6. The zero-order valence-corrected chi connectivity index (χ0v) is 17.2. The van der Waals surface area contributed by atoms with E-state index in [1.807, 2.05) is 12.1 Å². The van der Waals surface area contributed by atoms with E-state index in [9.17, 15) is 4.79 Å². The van der Waals surface area contributed by atoms with Gasteiger partial charge in [0.1, 0.15) is 0 Å². The van der Waals surface area contributed by atoms with Gasteiger partial charge in [0.2, 0.25) is 0 Å². The summed E-state index contributed by atoms with van der Waals surface area (Å²) < 4.78 is 0. The summed E-state index contributed by atoms with van der Waals surface area (Å²) >= 11 is 12.3. The van der Waals surface area contributed by atoms with E-state index < -0.39 is 5.97 Å². The minimum absolute atomic E-state index is 0.258. The topological polar surface area (TPSA) is 49.3 Å². The molecule has 3 aliphatic carbocycles. The molecule has 0 saturated heterocycles. The summed E-state index contributed by atoms with van der Waals surface area (Å²) in [5.41, 5.74) is 1.09. The molecule has 3 nitrogen and oxygen atoms in total. The molecule has 27 heavy (non-hydrogen) atoms. The van der Waals surface area contributed by atoms with Crippen molar-refractivity contribution in [1.29, 1.82) is 0 Å². The Labute approximate surface area is 172 Å². The van der Waals surface area contributed by atoms with Gasteiger partial charge in [0.15, 0.2) is 0 Å². The van der Waals surface area contributed by atoms with Crippen LogP contribution in [0.1, 0.15) is 50.5 Å². The highest BCUT2D eigenvalue weighted by Gasteiger charge is 2.41. The molecule has 2 bridgehead atoms. The van der Waals surface area contributed by atoms with Crippen LogP contribution in [-0.4, -0.2) is 17.6 Å². The van der Waals surface area contributed by atoms with Crippen LogP contribution in [-0.2, 0) is 11.3 Å². The van der Waals surface area contributed by atoms with Crippen molar-refractivity contribution >= 4 is 29.2 Å². The van der Waals surface area contributed by atoms with Crippen molar-refractivity contribution in [1.82, 2.24) is 5.32 Å². The minimum Gasteiger partial charge on any atom is -0.481 e. The quantitative estimate of drug-likeness (QED) is 0.391. The van der Waals surface area contributed by atoms with Crippen molar-refractivity contribution in [3.05, 3.63) is 46.0 Å². The molecular formula is C22H29Cl2NO2. The molecule has 3 fully saturated rings. The molecule has 3 aliphatic rings. The molecule has 0 radical (unpaired) electrons. The fraction of sp³-hybridized carbons (Fsp3) is 0.591. The van der Waals surface area contributed by atoms with E-state index in [0.717, 1.165) is 48.4 Å². The molecule has 5 heteroatoms. The van der Waals surface area contributed by atoms with Crippen molar-refractivity contribution in [3.63, 3.8) is 0 Å². The highest BCUT2D eigenvalue weighted by Crippen LogP contribution is 2.49. The Morgan fingerprint density at radius 1 is 1.19 bits per heavy atom. The zero-order valence-electron chi connectivity index (χ0n) is 15.7. The molecule has 3 saturated carbocycles. The summed E-state index contributed by atoms with van der Waals surface area (Å²) in [6.07, 6.45) is 11.8. The monoisotopic (exact) mass is 409 g/mol. The largest absolute Gasteiger partial charge is 0.481 e. The lowest BCUT2D eigenvalue weighted by Gasteiger charge is -2.48. The average molecular weight is 410 g/mol. The Hall–Kier alpha value is -1.03. The van der Waals surface area contributed by atoms with Crippen molar-refractivity contribution in [2.24, 2.45) is 23.7 Å². The summed E-state index contributed by atoms with van der Waals surface area (Å²) in [7, 11) is 0. The SMILES string of the molecule is O=C(O)CCC/C=C\[C@H]1C2CCC(CC2)[C@@H]1CNCc1ccc(Cl)cc1Cl. The van der Waals surface area contributed by atoms with Gasteiger partial charge in [-0.15, -0.1) is 0 Å². The Morgan fingerprint density at radius 3 is 2.63 bits per heavy atom. The smallest absolute Gasteiger partial charge is 0.303 e. The number of allylic oxidation sites excluding steroid dienone is 2. The number of benzene rings is 1. The molecule has 1 aromatic carbocycles. The second-order valence-electron chi connectivity index (χ2n) is 8.00. The van der Waals surface area contributed by atoms with Gasteiger partial charge < -0.3 is 10.4 Å². The Bertz CT molecular complexity index is 668. The summed E-state index contributed by atoms with van der Waals surface area (Å²) in [5.74, 6) is 2.17. The number of rotatable bonds is 9. The van der Waals surface area contributed by atoms with Crippen molar-refractivity contribution in [3.8, 4) is 0 Å². The van der Waals surface area contributed by atoms with E-state index in [0.29, 0.717) is 16.9 Å². The number of aliphatic carboxylic acids is 1. The maximum Gasteiger partial charge on any atom is 0.303 e. The predicted molar refractivity (Wildman–Crippen MR) is 111 cm³/mol. The first-order valence-corrected chi connectivity index (χ1v) is 10.8. The second-order valence-corrected chi connectivity index (χ2v) is 8.84. The van der Waals surface area contributed by atoms with E-state index in [4.69, 9.17) is 28.3 Å². The summed E-state index contributed by atoms with van der Waals surface area (Å²) in [5, 5.41) is 13.8. The molecule has 148 valence electrons. The van der Waals surface area contributed by atoms with Crippen molar-refractivity contribution < 1.29 is 9.90 Å². The second kappa shape index (κ2) is 9.95. The van der Waals surface area contributed by atoms with Gasteiger partial charge in [-0.2, -0.15) is 0 Å². The minimum atomic E-state index is -0.705. The molecule has 1 aromatic rings. The van der Waals surface area contributed by atoms with Gasteiger partial charge in [0.05, 0.1) is 0 Å². The maximum absolute atomic E-state index is 10.6. The van der Waals surface area contributed by atoms with E-state index in [1.54, 1.807) is 6.07 Å². The third kappa shape index (κ3) is 5.73. The van der Waals surface area contributed by atoms with Crippen LogP contribution in [0.4, 0.5) is 0 Å². The standard InChI is InChI=1S/C22H29Cl2NO2/c23-18-11-10-17(21(24)12-18)13-25-14-20-16-8-6-15(7-9-16)19(20)4-2-1-3-5-22(26)27/h2,4,10-12,15-16,19-20,25H,1,3,5-9,13-14H2,(H,26,27)/b4-2-/t15?,16?,19-,20-/m0/s1. The molecule has 2 atom stereocenters. The van der Waals surface area contributed by atoms with E-state index in [-0.39, 0.29) is 6.42 Å². The van der Waals surface area contributed by atoms with E-state index in [1.165, 1.54) is 25.7 Å². The Kier molecular flexibility index (Phi) is 7.63. The lowest BCUT2D eigenvalue weighted by Crippen LogP contribution is -2.43. The predicted octanol–water partition coefficient (Wildman–Crippen LogP) is 5.95. The van der Waals surface area contributed by atoms with Crippen LogP contribution in [0.5, 0.6) is 0 Å². The van der Waals surface area contributed by atoms with Crippen molar-refractivity contribution in [2.75, 3.05) is 6.54 Å². The van der Waals surface area contributed by atoms with Crippen LogP contribution in [0.3, 0.4) is 0 Å². The molecular weight excluding hydrogens is 381 g/mol. The molecule has 0 unspecified atom stereocenters. The molecule has 0 aromatic heterocycles. The number of unbranched alkanes of at least 4 members (excludes halogenated alkanes) is 1. The number of fused-ring (bicyclic) bond motifs is 3. The third-order valence-electron chi connectivity index (χ3n) is 6.29. The highest BCUT2D eigenvalue weighted by molar-refractivity contribution is 6.35. The van der Waals surface area contributed by atoms with E-state index >= 15 is 0 Å². The van der Waals surface area contributed by atoms with Crippen LogP contribution < -0.4 is 5.32 Å². The van der Waals surface area contributed by atoms with Crippen LogP contribution in [0, 0.1) is 23.7 Å². The molecule has 0 amide bonds. The van der Waals surface area contributed by atoms with Gasteiger partial charge >= 0.3 is 5.97 Å². The van der Waals surface area contributed by atoms with Crippen LogP contribution in [0.2, 0.25) is 10.0 Å². The summed E-state index contributed by atoms with van der Waals surface area (Å²) in [4.78, 5) is 10.6. The lowest BCUT2D eigenvalue weighted by atomic mass is 9.58. The number of hydrogen-bond donors (Lipinski definition) is 2. The molecule has 0 spiro atoms. The number of nitrogens with one attached hydrogen (secondary N) is 1. The molecule has 0 heterocycles. The van der Waals surface area contributed by atoms with Gasteiger partial charge in [-0.05, 0) is 86.4 Å². The summed E-state index contributed by atoms with van der Waals surface area (Å²) in [6.45, 7) is 1.77. The van der Waals surface area contributed by atoms with Gasteiger partial charge in [0, 0.05) is 23.0 Å². The first-order valence-electron chi connectivity index (χ1n) is 10.1. The summed E-state index contributed by atoms with van der Waals surface area (Å²) in [6, 6.07) is 5.67. The molecule has 2 N–H and O–H groups in total. The fourth-order valence-electron chi connectivity index (χ4n) is 4.89. The number of halogens is 2. The first kappa shape index (κ1) is 20.7. The number of carboxylic acids is 1. The van der Waals surface area contributed by atoms with Crippen LogP contribution >= 0.6 is 23.2 Å². The van der Waals surface area contributed by atoms with E-state index in [2.05, 4.69) is 17.5 Å². The van der Waals surface area contributed by atoms with Crippen LogP contribution in [0.25, 0.3) is 0 Å². The Balaban J connectivity index is 1.54. The van der Waals surface area contributed by atoms with Gasteiger partial charge in [-0.25, -0.2) is 0 Å². The zero-order chi connectivity index (χ0) is 19.2. The number of hydrogen-bond acceptors (Lipinski definition) is 2.